The van der Waals surface area contributed by atoms with E-state index in [1.165, 1.54) is 11.0 Å². The van der Waals surface area contributed by atoms with Crippen molar-refractivity contribution < 1.29 is 14.3 Å². The van der Waals surface area contributed by atoms with E-state index in [1.54, 1.807) is 32.9 Å². The normalized spacial score (nSPS) is 18.4. The minimum Gasteiger partial charge on any atom is -0.444 e. The monoisotopic (exact) mass is 343 g/mol. The first-order valence-electron chi connectivity index (χ1n) is 7.18. The van der Waals surface area contributed by atoms with Crippen molar-refractivity contribution in [1.82, 2.24) is 4.90 Å². The zero-order chi connectivity index (χ0) is 16.5. The molecule has 0 radical (unpaired) electrons. The Morgan fingerprint density at radius 2 is 1.91 bits per heavy atom. The lowest BCUT2D eigenvalue weighted by Gasteiger charge is -2.28. The third kappa shape index (κ3) is 3.93. The molecule has 2 rings (SSSR count). The summed E-state index contributed by atoms with van der Waals surface area (Å²) in [6.07, 6.45) is 0.943. The summed E-state index contributed by atoms with van der Waals surface area (Å²) in [5.41, 5.74) is -0.133. The molecule has 1 aromatic carbocycles. The predicted octanol–water partition coefficient (Wildman–Crippen LogP) is 4.58. The SMILES string of the molecule is CC(C)(C)OC(=O)N1CCC[C@H]1C(=O)c1ccc(Cl)c(Cl)c1. The highest BCUT2D eigenvalue weighted by molar-refractivity contribution is 6.42. The number of hydrogen-bond donors (Lipinski definition) is 0. The lowest BCUT2D eigenvalue weighted by Crippen LogP contribution is -2.43. The molecular formula is C16H19Cl2NO3. The molecule has 4 nitrogen and oxygen atoms in total. The number of rotatable bonds is 2. The Balaban J connectivity index is 2.17. The maximum atomic E-state index is 12.6. The van der Waals surface area contributed by atoms with Crippen LogP contribution in [-0.2, 0) is 4.74 Å². The molecule has 0 N–H and O–H groups in total. The quantitative estimate of drug-likeness (QED) is 0.738. The third-order valence-electron chi connectivity index (χ3n) is 3.39. The molecule has 1 heterocycles. The Morgan fingerprint density at radius 1 is 1.23 bits per heavy atom. The van der Waals surface area contributed by atoms with E-state index in [-0.39, 0.29) is 5.78 Å². The Kier molecular flexibility index (Phi) is 5.03. The first-order chi connectivity index (χ1) is 10.2. The van der Waals surface area contributed by atoms with E-state index in [1.807, 2.05) is 0 Å². The third-order valence-corrected chi connectivity index (χ3v) is 4.13. The molecule has 120 valence electrons. The number of ether oxygens (including phenoxy) is 1. The Hall–Kier alpha value is -1.26. The number of benzene rings is 1. The average Bonchev–Trinajstić information content (AvgIpc) is 2.88. The van der Waals surface area contributed by atoms with Crippen LogP contribution in [0, 0.1) is 0 Å². The zero-order valence-electron chi connectivity index (χ0n) is 12.9. The van der Waals surface area contributed by atoms with Crippen LogP contribution in [0.3, 0.4) is 0 Å². The lowest BCUT2D eigenvalue weighted by molar-refractivity contribution is 0.0222. The Bertz CT molecular complexity index is 596. The molecule has 0 spiro atoms. The van der Waals surface area contributed by atoms with Crippen LogP contribution in [0.1, 0.15) is 44.0 Å². The fourth-order valence-corrected chi connectivity index (χ4v) is 2.72. The number of Topliss-reactive ketones (excluding diaryl/α,β-unsaturated/α-hetero) is 1. The van der Waals surface area contributed by atoms with Crippen molar-refractivity contribution in [3.63, 3.8) is 0 Å². The van der Waals surface area contributed by atoms with Crippen molar-refractivity contribution in [2.24, 2.45) is 0 Å². The fourth-order valence-electron chi connectivity index (χ4n) is 2.42. The van der Waals surface area contributed by atoms with Crippen LogP contribution >= 0.6 is 23.2 Å². The maximum absolute atomic E-state index is 12.6. The number of nitrogens with zero attached hydrogens (tertiary/aromatic N) is 1. The first kappa shape index (κ1) is 17.1. The van der Waals surface area contributed by atoms with Crippen molar-refractivity contribution in [2.45, 2.75) is 45.3 Å². The highest BCUT2D eigenvalue weighted by atomic mass is 35.5. The van der Waals surface area contributed by atoms with E-state index in [0.717, 1.165) is 6.42 Å². The van der Waals surface area contributed by atoms with Crippen LogP contribution in [0.5, 0.6) is 0 Å². The number of likely N-dealkylation sites (tertiary alicyclic amines) is 1. The van der Waals surface area contributed by atoms with Crippen molar-refractivity contribution in [1.29, 1.82) is 0 Å². The van der Waals surface area contributed by atoms with Crippen LogP contribution in [0.4, 0.5) is 4.79 Å². The summed E-state index contributed by atoms with van der Waals surface area (Å²) in [6, 6.07) is 4.25. The Labute approximate surface area is 140 Å². The molecule has 1 aliphatic heterocycles. The number of amides is 1. The summed E-state index contributed by atoms with van der Waals surface area (Å²) in [7, 11) is 0. The van der Waals surface area contributed by atoms with E-state index in [4.69, 9.17) is 27.9 Å². The van der Waals surface area contributed by atoms with Gasteiger partial charge in [-0.1, -0.05) is 23.2 Å². The maximum Gasteiger partial charge on any atom is 0.410 e. The van der Waals surface area contributed by atoms with Crippen LogP contribution < -0.4 is 0 Å². The molecule has 0 aromatic heterocycles. The van der Waals surface area contributed by atoms with Crippen LogP contribution in [0.25, 0.3) is 0 Å². The second kappa shape index (κ2) is 6.47. The molecule has 0 aliphatic carbocycles. The second-order valence-corrected chi connectivity index (χ2v) is 7.14. The topological polar surface area (TPSA) is 46.6 Å². The summed E-state index contributed by atoms with van der Waals surface area (Å²) in [4.78, 5) is 26.4. The molecule has 1 amide bonds. The van der Waals surface area contributed by atoms with Gasteiger partial charge >= 0.3 is 6.09 Å². The molecule has 0 bridgehead atoms. The van der Waals surface area contributed by atoms with Gasteiger partial charge in [0.05, 0.1) is 16.1 Å². The summed E-state index contributed by atoms with van der Waals surface area (Å²) in [6.45, 7) is 5.93. The fraction of sp³-hybridized carbons (Fsp3) is 0.500. The van der Waals surface area contributed by atoms with Gasteiger partial charge in [-0.25, -0.2) is 4.79 Å². The van der Waals surface area contributed by atoms with Gasteiger partial charge < -0.3 is 4.74 Å². The lowest BCUT2D eigenvalue weighted by atomic mass is 10.0. The number of carbonyl (C=O) groups is 2. The van der Waals surface area contributed by atoms with Gasteiger partial charge in [0.2, 0.25) is 0 Å². The van der Waals surface area contributed by atoms with Gasteiger partial charge in [0.25, 0.3) is 0 Å². The molecule has 1 fully saturated rings. The van der Waals surface area contributed by atoms with Crippen molar-refractivity contribution in [2.75, 3.05) is 6.54 Å². The molecule has 0 unspecified atom stereocenters. The number of ketones is 1. The van der Waals surface area contributed by atoms with E-state index in [9.17, 15) is 9.59 Å². The van der Waals surface area contributed by atoms with Gasteiger partial charge in [-0.15, -0.1) is 0 Å². The van der Waals surface area contributed by atoms with E-state index < -0.39 is 17.7 Å². The van der Waals surface area contributed by atoms with Gasteiger partial charge in [-0.3, -0.25) is 9.69 Å². The highest BCUT2D eigenvalue weighted by Gasteiger charge is 2.36. The van der Waals surface area contributed by atoms with Gasteiger partial charge in [-0.2, -0.15) is 0 Å². The van der Waals surface area contributed by atoms with E-state index in [2.05, 4.69) is 0 Å². The standard InChI is InChI=1S/C16H19Cl2NO3/c1-16(2,3)22-15(21)19-8-4-5-13(19)14(20)10-6-7-11(17)12(18)9-10/h6-7,9,13H,4-5,8H2,1-3H3/t13-/m0/s1. The predicted molar refractivity (Wildman–Crippen MR) is 86.8 cm³/mol. The zero-order valence-corrected chi connectivity index (χ0v) is 14.4. The summed E-state index contributed by atoms with van der Waals surface area (Å²) < 4.78 is 5.37. The minimum absolute atomic E-state index is 0.137. The number of hydrogen-bond acceptors (Lipinski definition) is 3. The van der Waals surface area contributed by atoms with Gasteiger partial charge in [0.1, 0.15) is 5.60 Å². The van der Waals surface area contributed by atoms with Crippen LogP contribution in [-0.4, -0.2) is 35.0 Å². The number of halogens is 2. The molecule has 22 heavy (non-hydrogen) atoms. The van der Waals surface area contributed by atoms with E-state index >= 15 is 0 Å². The van der Waals surface area contributed by atoms with Crippen molar-refractivity contribution in [3.8, 4) is 0 Å². The molecule has 0 saturated carbocycles. The molecule has 1 saturated heterocycles. The van der Waals surface area contributed by atoms with E-state index in [0.29, 0.717) is 28.6 Å². The summed E-state index contributed by atoms with van der Waals surface area (Å²) in [5, 5.41) is 0.725. The first-order valence-corrected chi connectivity index (χ1v) is 7.93. The van der Waals surface area contributed by atoms with Crippen LogP contribution in [0.2, 0.25) is 10.0 Å². The van der Waals surface area contributed by atoms with Crippen molar-refractivity contribution >= 4 is 35.1 Å². The van der Waals surface area contributed by atoms with Gasteiger partial charge in [-0.05, 0) is 51.8 Å². The number of carbonyl (C=O) groups excluding carboxylic acids is 2. The smallest absolute Gasteiger partial charge is 0.410 e. The highest BCUT2D eigenvalue weighted by Crippen LogP contribution is 2.27. The molecule has 1 atom stereocenters. The molecule has 6 heteroatoms. The second-order valence-electron chi connectivity index (χ2n) is 6.32. The van der Waals surface area contributed by atoms with Crippen LogP contribution in [0.15, 0.2) is 18.2 Å². The van der Waals surface area contributed by atoms with Crippen molar-refractivity contribution in [3.05, 3.63) is 33.8 Å². The van der Waals surface area contributed by atoms with Gasteiger partial charge in [0.15, 0.2) is 5.78 Å². The minimum atomic E-state index is -0.586. The van der Waals surface area contributed by atoms with Gasteiger partial charge in [0, 0.05) is 12.1 Å². The Morgan fingerprint density at radius 3 is 2.50 bits per heavy atom. The average molecular weight is 344 g/mol. The summed E-state index contributed by atoms with van der Waals surface area (Å²) >= 11 is 11.8. The largest absolute Gasteiger partial charge is 0.444 e. The molecule has 1 aromatic rings. The molecule has 1 aliphatic rings. The molecular weight excluding hydrogens is 325 g/mol. The summed E-state index contributed by atoms with van der Waals surface area (Å²) in [5.74, 6) is -0.137.